The Morgan fingerprint density at radius 3 is 2.34 bits per heavy atom. The van der Waals surface area contributed by atoms with E-state index in [-0.39, 0.29) is 18.6 Å². The normalized spacial score (nSPS) is 16.4. The summed E-state index contributed by atoms with van der Waals surface area (Å²) in [6, 6.07) is 27.0. The predicted octanol–water partition coefficient (Wildman–Crippen LogP) is 4.15. The molecule has 2 unspecified atom stereocenters. The molecule has 9 heteroatoms. The maximum atomic E-state index is 14.2. The number of H-pyrrole nitrogens is 1. The van der Waals surface area contributed by atoms with Gasteiger partial charge in [-0.25, -0.2) is 4.39 Å². The van der Waals surface area contributed by atoms with Crippen LogP contribution in [-0.4, -0.2) is 69.2 Å². The maximum Gasteiger partial charge on any atom is 0.234 e. The van der Waals surface area contributed by atoms with E-state index < -0.39 is 12.1 Å². The molecule has 1 amide bonds. The van der Waals surface area contributed by atoms with E-state index in [1.807, 2.05) is 92.0 Å². The van der Waals surface area contributed by atoms with Gasteiger partial charge in [-0.05, 0) is 35.2 Å². The number of likely N-dealkylation sites (tertiary alicyclic amines) is 1. The van der Waals surface area contributed by atoms with Gasteiger partial charge in [0.25, 0.3) is 0 Å². The first kappa shape index (κ1) is 25.5. The Morgan fingerprint density at radius 1 is 1.05 bits per heavy atom. The van der Waals surface area contributed by atoms with Crippen LogP contribution in [0.5, 0.6) is 5.75 Å². The molecule has 0 saturated carbocycles. The van der Waals surface area contributed by atoms with Crippen LogP contribution in [0, 0.1) is 0 Å². The van der Waals surface area contributed by atoms with E-state index in [1.165, 1.54) is 0 Å². The lowest BCUT2D eigenvalue weighted by Gasteiger charge is -2.34. The van der Waals surface area contributed by atoms with Crippen LogP contribution in [-0.2, 0) is 11.4 Å². The van der Waals surface area contributed by atoms with E-state index in [0.29, 0.717) is 37.6 Å². The van der Waals surface area contributed by atoms with Crippen LogP contribution in [0.2, 0.25) is 0 Å². The molecule has 4 aromatic rings. The number of carbonyl (C=O) groups is 1. The van der Waals surface area contributed by atoms with Crippen molar-refractivity contribution in [2.75, 3.05) is 26.7 Å². The summed E-state index contributed by atoms with van der Waals surface area (Å²) in [5, 5.41) is 13.8. The highest BCUT2D eigenvalue weighted by Gasteiger charge is 2.33. The zero-order valence-electron chi connectivity index (χ0n) is 21.3. The summed E-state index contributed by atoms with van der Waals surface area (Å²) in [4.78, 5) is 18.1. The molecule has 0 spiro atoms. The van der Waals surface area contributed by atoms with Gasteiger partial charge in [0, 0.05) is 26.7 Å². The molecule has 1 aliphatic rings. The van der Waals surface area contributed by atoms with E-state index in [9.17, 15) is 9.18 Å². The number of nitrogens with zero attached hydrogens (tertiary/aromatic N) is 5. The lowest BCUT2D eigenvalue weighted by molar-refractivity contribution is -0.133. The Bertz CT molecular complexity index is 1270. The Labute approximate surface area is 221 Å². The number of alkyl halides is 1. The van der Waals surface area contributed by atoms with Gasteiger partial charge < -0.3 is 9.64 Å². The second kappa shape index (κ2) is 12.0. The summed E-state index contributed by atoms with van der Waals surface area (Å²) in [5.41, 5.74) is 2.77. The lowest BCUT2D eigenvalue weighted by atomic mass is 9.89. The monoisotopic (exact) mass is 514 g/mol. The summed E-state index contributed by atoms with van der Waals surface area (Å²) >= 11 is 0. The van der Waals surface area contributed by atoms with E-state index in [4.69, 9.17) is 4.74 Å². The number of nitrogens with one attached hydrogen (secondary N) is 1. The van der Waals surface area contributed by atoms with Crippen molar-refractivity contribution in [1.82, 2.24) is 30.4 Å². The Hall–Kier alpha value is -4.11. The van der Waals surface area contributed by atoms with Gasteiger partial charge in [0.05, 0.1) is 12.0 Å². The van der Waals surface area contributed by atoms with Crippen molar-refractivity contribution >= 4 is 5.91 Å². The van der Waals surface area contributed by atoms with Crippen molar-refractivity contribution in [2.45, 2.75) is 31.2 Å². The fourth-order valence-corrected chi connectivity index (χ4v) is 4.98. The van der Waals surface area contributed by atoms with Crippen LogP contribution in [0.15, 0.2) is 84.9 Å². The summed E-state index contributed by atoms with van der Waals surface area (Å²) in [5.74, 6) is 0.584. The smallest absolute Gasteiger partial charge is 0.234 e. The number of rotatable bonds is 10. The molecule has 2 heterocycles. The second-order valence-corrected chi connectivity index (χ2v) is 9.55. The van der Waals surface area contributed by atoms with Crippen molar-refractivity contribution in [3.8, 4) is 5.75 Å². The van der Waals surface area contributed by atoms with Crippen molar-refractivity contribution in [3.05, 3.63) is 107 Å². The van der Waals surface area contributed by atoms with Crippen LogP contribution in [0.3, 0.4) is 0 Å². The molecule has 1 saturated heterocycles. The molecule has 5 rings (SSSR count). The minimum atomic E-state index is -0.845. The Kier molecular flexibility index (Phi) is 8.04. The number of carbonyl (C=O) groups excluding carboxylic acids is 1. The van der Waals surface area contributed by atoms with E-state index in [0.717, 1.165) is 16.7 Å². The van der Waals surface area contributed by atoms with Gasteiger partial charge in [0.1, 0.15) is 11.9 Å². The first-order valence-electron chi connectivity index (χ1n) is 12.8. The molecular formula is C29H31FN6O2. The molecule has 1 fully saturated rings. The van der Waals surface area contributed by atoms with Crippen LogP contribution in [0.1, 0.15) is 40.9 Å². The van der Waals surface area contributed by atoms with E-state index in [1.54, 1.807) is 4.90 Å². The number of benzene rings is 3. The summed E-state index contributed by atoms with van der Waals surface area (Å²) in [6.07, 6.45) is -0.336. The Morgan fingerprint density at radius 2 is 1.74 bits per heavy atom. The maximum absolute atomic E-state index is 14.2. The molecule has 38 heavy (non-hydrogen) atoms. The first-order valence-corrected chi connectivity index (χ1v) is 12.8. The predicted molar refractivity (Wildman–Crippen MR) is 141 cm³/mol. The third-order valence-electron chi connectivity index (χ3n) is 6.97. The highest BCUT2D eigenvalue weighted by Crippen LogP contribution is 2.32. The average molecular weight is 515 g/mol. The molecule has 196 valence electrons. The molecule has 3 aromatic carbocycles. The van der Waals surface area contributed by atoms with E-state index in [2.05, 4.69) is 25.5 Å². The number of aromatic nitrogens is 4. The SMILES string of the molecule is CN(C(=O)C(c1ccccc1)c1ccccc1)C(CN1CCC(F)C1)c1cccc(OCc2nn[nH]n2)c1. The van der Waals surface area contributed by atoms with Gasteiger partial charge in [-0.1, -0.05) is 78.0 Å². The molecule has 2 atom stereocenters. The first-order chi connectivity index (χ1) is 18.6. The molecule has 1 N–H and O–H groups in total. The van der Waals surface area contributed by atoms with Gasteiger partial charge in [0.15, 0.2) is 6.61 Å². The van der Waals surface area contributed by atoms with Gasteiger partial charge in [-0.2, -0.15) is 5.21 Å². The third-order valence-corrected chi connectivity index (χ3v) is 6.97. The molecule has 0 radical (unpaired) electrons. The topological polar surface area (TPSA) is 87.2 Å². The third kappa shape index (κ3) is 6.06. The highest BCUT2D eigenvalue weighted by molar-refractivity contribution is 5.87. The molecule has 0 bridgehead atoms. The number of amides is 1. The highest BCUT2D eigenvalue weighted by atomic mass is 19.1. The zero-order chi connectivity index (χ0) is 26.3. The minimum Gasteiger partial charge on any atom is -0.485 e. The van der Waals surface area contributed by atoms with Crippen LogP contribution in [0.25, 0.3) is 0 Å². The van der Waals surface area contributed by atoms with Crippen molar-refractivity contribution in [2.24, 2.45) is 0 Å². The van der Waals surface area contributed by atoms with Gasteiger partial charge in [0.2, 0.25) is 11.7 Å². The molecule has 0 aliphatic carbocycles. The summed E-state index contributed by atoms with van der Waals surface area (Å²) in [6.45, 7) is 1.72. The largest absolute Gasteiger partial charge is 0.485 e. The lowest BCUT2D eigenvalue weighted by Crippen LogP contribution is -2.41. The average Bonchev–Trinajstić information content (AvgIpc) is 3.63. The minimum absolute atomic E-state index is 0.0264. The number of hydrogen-bond acceptors (Lipinski definition) is 6. The zero-order valence-corrected chi connectivity index (χ0v) is 21.3. The number of hydrogen-bond donors (Lipinski definition) is 1. The molecule has 1 aliphatic heterocycles. The summed E-state index contributed by atoms with van der Waals surface area (Å²) < 4.78 is 20.0. The van der Waals surface area contributed by atoms with Crippen LogP contribution >= 0.6 is 0 Å². The van der Waals surface area contributed by atoms with Gasteiger partial charge >= 0.3 is 0 Å². The quantitative estimate of drug-likeness (QED) is 0.342. The number of likely N-dealkylation sites (N-methyl/N-ethyl adjacent to an activating group) is 1. The van der Waals surface area contributed by atoms with Gasteiger partial charge in [-0.3, -0.25) is 9.69 Å². The van der Waals surface area contributed by atoms with Crippen molar-refractivity contribution in [1.29, 1.82) is 0 Å². The van der Waals surface area contributed by atoms with Crippen molar-refractivity contribution < 1.29 is 13.9 Å². The molecule has 8 nitrogen and oxygen atoms in total. The molecule has 1 aromatic heterocycles. The van der Waals surface area contributed by atoms with Gasteiger partial charge in [-0.15, -0.1) is 10.2 Å². The van der Waals surface area contributed by atoms with Crippen LogP contribution < -0.4 is 4.74 Å². The standard InChI is InChI=1S/C29H31FN6O2/c1-35(29(37)28(21-9-4-2-5-10-21)22-11-6-3-7-12-22)26(19-36-16-15-24(30)18-36)23-13-8-14-25(17-23)38-20-27-31-33-34-32-27/h2-14,17,24,26,28H,15-16,18-20H2,1H3,(H,31,32,33,34). The van der Waals surface area contributed by atoms with Crippen LogP contribution in [0.4, 0.5) is 4.39 Å². The fourth-order valence-electron chi connectivity index (χ4n) is 4.98. The van der Waals surface area contributed by atoms with Crippen molar-refractivity contribution in [3.63, 3.8) is 0 Å². The number of halogens is 1. The number of ether oxygens (including phenoxy) is 1. The fraction of sp³-hybridized carbons (Fsp3) is 0.310. The van der Waals surface area contributed by atoms with E-state index >= 15 is 0 Å². The number of aromatic amines is 1. The molecular weight excluding hydrogens is 483 g/mol. The number of tetrazole rings is 1. The second-order valence-electron chi connectivity index (χ2n) is 9.55. The summed E-state index contributed by atoms with van der Waals surface area (Å²) in [7, 11) is 1.84. The Balaban J connectivity index is 1.45.